The van der Waals surface area contributed by atoms with Crippen LogP contribution < -0.4 is 0 Å². The zero-order valence-electron chi connectivity index (χ0n) is 10.1. The first-order valence-electron chi connectivity index (χ1n) is 5.42. The fourth-order valence-electron chi connectivity index (χ4n) is 1.69. The summed E-state index contributed by atoms with van der Waals surface area (Å²) < 4.78 is 17.4. The van der Waals surface area contributed by atoms with E-state index in [2.05, 4.69) is 9.72 Å². The lowest BCUT2D eigenvalue weighted by Crippen LogP contribution is -2.06. The Morgan fingerprint density at radius 2 is 1.89 bits per heavy atom. The molecule has 0 saturated carbocycles. The minimum atomic E-state index is -0.460. The van der Waals surface area contributed by atoms with Gasteiger partial charge < -0.3 is 4.74 Å². The molecule has 1 heterocycles. The molecule has 0 aliphatic carbocycles. The van der Waals surface area contributed by atoms with Crippen molar-refractivity contribution < 1.29 is 13.9 Å². The Kier molecular flexibility index (Phi) is 3.37. The van der Waals surface area contributed by atoms with E-state index in [1.807, 2.05) is 6.07 Å². The summed E-state index contributed by atoms with van der Waals surface area (Å²) in [5.74, 6) is -0.743. The summed E-state index contributed by atoms with van der Waals surface area (Å²) in [6.07, 6.45) is 1.58. The van der Waals surface area contributed by atoms with Gasteiger partial charge in [0.25, 0.3) is 0 Å². The average molecular weight is 245 g/mol. The Morgan fingerprint density at radius 3 is 2.44 bits per heavy atom. The highest BCUT2D eigenvalue weighted by Crippen LogP contribution is 2.21. The van der Waals surface area contributed by atoms with Crippen LogP contribution in [0, 0.1) is 12.7 Å². The monoisotopic (exact) mass is 245 g/mol. The Labute approximate surface area is 104 Å². The predicted octanol–water partition coefficient (Wildman–Crippen LogP) is 2.98. The van der Waals surface area contributed by atoms with Crippen molar-refractivity contribution in [1.29, 1.82) is 0 Å². The molecule has 0 N–H and O–H groups in total. The molecule has 0 unspecified atom stereocenters. The number of esters is 1. The van der Waals surface area contributed by atoms with Crippen LogP contribution in [0.5, 0.6) is 0 Å². The Bertz CT molecular complexity index is 579. The summed E-state index contributed by atoms with van der Waals surface area (Å²) in [7, 11) is 1.32. The number of halogens is 1. The average Bonchev–Trinajstić information content (AvgIpc) is 2.38. The molecule has 2 aromatic rings. The van der Waals surface area contributed by atoms with Crippen LogP contribution in [0.15, 0.2) is 36.5 Å². The van der Waals surface area contributed by atoms with Crippen LogP contribution in [0.3, 0.4) is 0 Å². The number of ether oxygens (including phenoxy) is 1. The topological polar surface area (TPSA) is 39.2 Å². The third-order valence-electron chi connectivity index (χ3n) is 2.63. The Balaban J connectivity index is 2.40. The number of carbonyl (C=O) groups is 1. The van der Waals surface area contributed by atoms with Gasteiger partial charge in [-0.15, -0.1) is 0 Å². The fraction of sp³-hybridized carbons (Fsp3) is 0.143. The van der Waals surface area contributed by atoms with Gasteiger partial charge in [0.05, 0.1) is 7.11 Å². The van der Waals surface area contributed by atoms with Crippen molar-refractivity contribution in [3.05, 3.63) is 53.6 Å². The first-order valence-corrected chi connectivity index (χ1v) is 5.42. The second-order valence-electron chi connectivity index (χ2n) is 3.89. The van der Waals surface area contributed by atoms with Crippen LogP contribution in [-0.2, 0) is 4.74 Å². The number of rotatable bonds is 2. The van der Waals surface area contributed by atoms with Crippen LogP contribution >= 0.6 is 0 Å². The lowest BCUT2D eigenvalue weighted by atomic mass is 10.0. The number of pyridine rings is 1. The molecular weight excluding hydrogens is 233 g/mol. The van der Waals surface area contributed by atoms with E-state index >= 15 is 0 Å². The van der Waals surface area contributed by atoms with Crippen molar-refractivity contribution in [3.8, 4) is 11.1 Å². The highest BCUT2D eigenvalue weighted by atomic mass is 19.1. The zero-order chi connectivity index (χ0) is 13.1. The molecule has 92 valence electrons. The van der Waals surface area contributed by atoms with Crippen LogP contribution in [-0.4, -0.2) is 18.1 Å². The number of hydrogen-bond acceptors (Lipinski definition) is 3. The molecule has 0 spiro atoms. The number of benzene rings is 1. The first-order chi connectivity index (χ1) is 8.61. The number of methoxy groups -OCH3 is 1. The zero-order valence-corrected chi connectivity index (χ0v) is 10.1. The largest absolute Gasteiger partial charge is 0.464 e. The minimum Gasteiger partial charge on any atom is -0.464 e. The maximum absolute atomic E-state index is 12.8. The highest BCUT2D eigenvalue weighted by molar-refractivity contribution is 5.89. The van der Waals surface area contributed by atoms with Gasteiger partial charge >= 0.3 is 5.97 Å². The van der Waals surface area contributed by atoms with Crippen molar-refractivity contribution in [2.45, 2.75) is 6.92 Å². The quantitative estimate of drug-likeness (QED) is 0.763. The predicted molar refractivity (Wildman–Crippen MR) is 65.7 cm³/mol. The van der Waals surface area contributed by atoms with Gasteiger partial charge in [0.2, 0.25) is 0 Å². The third-order valence-corrected chi connectivity index (χ3v) is 2.63. The van der Waals surface area contributed by atoms with E-state index in [-0.39, 0.29) is 5.82 Å². The molecule has 4 heteroatoms. The van der Waals surface area contributed by atoms with Crippen LogP contribution in [0.4, 0.5) is 4.39 Å². The summed E-state index contributed by atoms with van der Waals surface area (Å²) in [5, 5.41) is 0. The molecule has 1 aromatic carbocycles. The van der Waals surface area contributed by atoms with Crippen LogP contribution in [0.2, 0.25) is 0 Å². The lowest BCUT2D eigenvalue weighted by Gasteiger charge is -2.06. The summed E-state index contributed by atoms with van der Waals surface area (Å²) in [6, 6.07) is 7.94. The number of aromatic nitrogens is 1. The van der Waals surface area contributed by atoms with Crippen molar-refractivity contribution in [2.24, 2.45) is 0 Å². The van der Waals surface area contributed by atoms with Gasteiger partial charge in [-0.25, -0.2) is 14.2 Å². The van der Waals surface area contributed by atoms with Gasteiger partial charge in [0.15, 0.2) is 5.69 Å². The molecule has 0 radical (unpaired) electrons. The second-order valence-corrected chi connectivity index (χ2v) is 3.89. The minimum absolute atomic E-state index is 0.283. The van der Waals surface area contributed by atoms with E-state index in [0.29, 0.717) is 5.69 Å². The van der Waals surface area contributed by atoms with Crippen LogP contribution in [0.25, 0.3) is 11.1 Å². The second kappa shape index (κ2) is 4.96. The molecule has 0 amide bonds. The Morgan fingerprint density at radius 1 is 1.22 bits per heavy atom. The summed E-state index contributed by atoms with van der Waals surface area (Å²) in [6.45, 7) is 1.78. The summed E-state index contributed by atoms with van der Waals surface area (Å²) in [5.41, 5.74) is 2.70. The number of aryl methyl sites for hydroxylation is 1. The molecule has 18 heavy (non-hydrogen) atoms. The molecular formula is C14H12FNO2. The van der Waals surface area contributed by atoms with Crippen molar-refractivity contribution in [2.75, 3.05) is 7.11 Å². The molecule has 0 bridgehead atoms. The van der Waals surface area contributed by atoms with Gasteiger partial charge in [-0.1, -0.05) is 12.1 Å². The van der Waals surface area contributed by atoms with E-state index in [1.54, 1.807) is 25.3 Å². The van der Waals surface area contributed by atoms with Crippen molar-refractivity contribution >= 4 is 5.97 Å². The third kappa shape index (κ3) is 2.37. The van der Waals surface area contributed by atoms with Gasteiger partial charge in [0, 0.05) is 11.8 Å². The molecule has 2 rings (SSSR count). The van der Waals surface area contributed by atoms with Gasteiger partial charge in [-0.05, 0) is 36.2 Å². The van der Waals surface area contributed by atoms with E-state index < -0.39 is 5.97 Å². The smallest absolute Gasteiger partial charge is 0.356 e. The Hall–Kier alpha value is -2.23. The normalized spacial score (nSPS) is 10.2. The lowest BCUT2D eigenvalue weighted by molar-refractivity contribution is 0.0593. The van der Waals surface area contributed by atoms with Crippen molar-refractivity contribution in [3.63, 3.8) is 0 Å². The molecule has 0 aliphatic rings. The highest BCUT2D eigenvalue weighted by Gasteiger charge is 2.11. The maximum atomic E-state index is 12.8. The van der Waals surface area contributed by atoms with E-state index in [0.717, 1.165) is 16.7 Å². The van der Waals surface area contributed by atoms with Crippen LogP contribution in [0.1, 0.15) is 16.1 Å². The van der Waals surface area contributed by atoms with E-state index in [9.17, 15) is 9.18 Å². The number of hydrogen-bond donors (Lipinski definition) is 0. The molecule has 0 aliphatic heterocycles. The van der Waals surface area contributed by atoms with E-state index in [4.69, 9.17) is 0 Å². The van der Waals surface area contributed by atoms with Gasteiger partial charge in [-0.2, -0.15) is 0 Å². The molecule has 0 fully saturated rings. The first kappa shape index (κ1) is 12.2. The van der Waals surface area contributed by atoms with Gasteiger partial charge in [-0.3, -0.25) is 0 Å². The molecule has 1 aromatic heterocycles. The molecule has 0 saturated heterocycles. The van der Waals surface area contributed by atoms with E-state index in [1.165, 1.54) is 19.2 Å². The summed E-state index contributed by atoms with van der Waals surface area (Å²) in [4.78, 5) is 15.5. The van der Waals surface area contributed by atoms with Crippen molar-refractivity contribution in [1.82, 2.24) is 4.98 Å². The van der Waals surface area contributed by atoms with Gasteiger partial charge in [0.1, 0.15) is 5.82 Å². The fourth-order valence-corrected chi connectivity index (χ4v) is 1.69. The number of carbonyl (C=O) groups excluding carboxylic acids is 1. The SMILES string of the molecule is COC(=O)c1ncc(-c2ccc(F)cc2)cc1C. The molecule has 0 atom stereocenters. The standard InChI is InChI=1S/C14H12FNO2/c1-9-7-11(8-16-13(9)14(17)18-2)10-3-5-12(15)6-4-10/h3-8H,1-2H3. The maximum Gasteiger partial charge on any atom is 0.356 e. The summed E-state index contributed by atoms with van der Waals surface area (Å²) >= 11 is 0. The molecule has 3 nitrogen and oxygen atoms in total. The number of nitrogens with zero attached hydrogens (tertiary/aromatic N) is 1.